The number of methoxy groups -OCH3 is 2. The van der Waals surface area contributed by atoms with Gasteiger partial charge in [0.05, 0.1) is 14.2 Å². The van der Waals surface area contributed by atoms with Gasteiger partial charge in [-0.3, -0.25) is 0 Å². The number of nitrogens with zero attached hydrogens (tertiary/aromatic N) is 1. The molecule has 0 unspecified atom stereocenters. The summed E-state index contributed by atoms with van der Waals surface area (Å²) in [5.41, 5.74) is 8.02. The fourth-order valence-corrected chi connectivity index (χ4v) is 5.11. The maximum Gasteiger partial charge on any atom is 0.230 e. The Bertz CT molecular complexity index is 1860. The molecule has 4 aromatic carbocycles. The highest BCUT2D eigenvalue weighted by molar-refractivity contribution is 5.74. The van der Waals surface area contributed by atoms with Gasteiger partial charge in [-0.15, -0.1) is 0 Å². The second kappa shape index (κ2) is 15.9. The molecule has 48 heavy (non-hydrogen) atoms. The van der Waals surface area contributed by atoms with Crippen molar-refractivity contribution >= 4 is 24.3 Å². The zero-order chi connectivity index (χ0) is 33.0. The van der Waals surface area contributed by atoms with Crippen molar-refractivity contribution in [3.8, 4) is 34.4 Å². The number of ether oxygens (including phenoxy) is 4. The molecule has 0 aliphatic heterocycles. The van der Waals surface area contributed by atoms with Gasteiger partial charge >= 0.3 is 0 Å². The number of pyridine rings is 2. The maximum absolute atomic E-state index is 6.10. The van der Waals surface area contributed by atoms with E-state index in [1.165, 1.54) is 0 Å². The Hall–Kier alpha value is -6.14. The Morgan fingerprint density at radius 2 is 1.02 bits per heavy atom. The maximum atomic E-state index is 6.10. The van der Waals surface area contributed by atoms with Crippen LogP contribution in [0.4, 0.5) is 0 Å². The first-order valence-corrected chi connectivity index (χ1v) is 15.7. The standard InChI is InChI=1S/C42H36N2O4/c1-45-39-19-17-31(27-41(39)47-29-35-9-5-3-6-10-35)13-15-33-21-23-43-37(25-33)38-26-34(22-24-44-38)16-14-32-18-20-40(46-2)42(28-32)48-30-36-11-7-4-8-12-36/h3-28H,29-30H2,1-2H3/p+1/b15-13+,16-14+. The van der Waals surface area contributed by atoms with Gasteiger partial charge in [0, 0.05) is 18.3 Å². The van der Waals surface area contributed by atoms with Gasteiger partial charge in [-0.05, 0) is 69.8 Å². The topological polar surface area (TPSA) is 64.0 Å². The molecule has 0 fully saturated rings. The number of benzene rings is 4. The van der Waals surface area contributed by atoms with Gasteiger partial charge in [-0.25, -0.2) is 9.97 Å². The van der Waals surface area contributed by atoms with Crippen LogP contribution in [0, 0.1) is 0 Å². The normalized spacial score (nSPS) is 11.1. The van der Waals surface area contributed by atoms with Crippen LogP contribution in [-0.4, -0.2) is 19.2 Å². The Morgan fingerprint density at radius 3 is 1.54 bits per heavy atom. The summed E-state index contributed by atoms with van der Waals surface area (Å²) in [6.45, 7) is 0.931. The minimum Gasteiger partial charge on any atom is -0.493 e. The lowest BCUT2D eigenvalue weighted by Crippen LogP contribution is -2.06. The summed E-state index contributed by atoms with van der Waals surface area (Å²) in [4.78, 5) is 7.97. The van der Waals surface area contributed by atoms with Crippen LogP contribution >= 0.6 is 0 Å². The molecule has 0 radical (unpaired) electrons. The Kier molecular flexibility index (Phi) is 10.6. The van der Waals surface area contributed by atoms with Crippen LogP contribution < -0.4 is 23.9 Å². The SMILES string of the molecule is COc1ccc(/C=C/c2ccnc(-c3cc(/C=C/c4ccc(OC)c(OCc5ccccc5)c4)cc[nH+]3)c2)cc1OCc1ccccc1. The molecule has 6 aromatic rings. The fourth-order valence-electron chi connectivity index (χ4n) is 5.11. The van der Waals surface area contributed by atoms with Crippen molar-refractivity contribution < 1.29 is 23.9 Å². The number of nitrogens with one attached hydrogen (secondary N) is 1. The van der Waals surface area contributed by atoms with E-state index in [1.807, 2.05) is 122 Å². The predicted molar refractivity (Wildman–Crippen MR) is 192 cm³/mol. The molecule has 6 heteroatoms. The molecule has 0 saturated carbocycles. The summed E-state index contributed by atoms with van der Waals surface area (Å²) in [5.74, 6) is 2.79. The summed E-state index contributed by atoms with van der Waals surface area (Å²) in [6, 6.07) is 40.2. The lowest BCUT2D eigenvalue weighted by atomic mass is 10.1. The summed E-state index contributed by atoms with van der Waals surface area (Å²) in [6.07, 6.45) is 12.0. The van der Waals surface area contributed by atoms with E-state index in [0.717, 1.165) is 44.8 Å². The van der Waals surface area contributed by atoms with Gasteiger partial charge in [-0.1, -0.05) is 97.1 Å². The third-order valence-corrected chi connectivity index (χ3v) is 7.67. The number of H-pyrrole nitrogens is 1. The number of aromatic amines is 1. The quantitative estimate of drug-likeness (QED) is 0.127. The van der Waals surface area contributed by atoms with Crippen LogP contribution in [0.5, 0.6) is 23.0 Å². The minimum atomic E-state index is 0.465. The predicted octanol–water partition coefficient (Wildman–Crippen LogP) is 9.08. The van der Waals surface area contributed by atoms with Crippen LogP contribution in [0.2, 0.25) is 0 Å². The van der Waals surface area contributed by atoms with E-state index in [1.54, 1.807) is 14.2 Å². The van der Waals surface area contributed by atoms with Crippen molar-refractivity contribution in [1.82, 2.24) is 4.98 Å². The van der Waals surface area contributed by atoms with Crippen LogP contribution in [0.1, 0.15) is 33.4 Å². The molecule has 0 spiro atoms. The van der Waals surface area contributed by atoms with Crippen molar-refractivity contribution in [2.75, 3.05) is 14.2 Å². The highest BCUT2D eigenvalue weighted by Crippen LogP contribution is 2.31. The smallest absolute Gasteiger partial charge is 0.230 e. The summed E-state index contributed by atoms with van der Waals surface area (Å²) in [5, 5.41) is 0. The highest BCUT2D eigenvalue weighted by Gasteiger charge is 2.10. The summed E-state index contributed by atoms with van der Waals surface area (Å²) in [7, 11) is 3.30. The summed E-state index contributed by atoms with van der Waals surface area (Å²) < 4.78 is 23.3. The zero-order valence-electron chi connectivity index (χ0n) is 27.0. The van der Waals surface area contributed by atoms with Crippen molar-refractivity contribution in [2.24, 2.45) is 0 Å². The molecular formula is C42H37N2O4+. The largest absolute Gasteiger partial charge is 0.493 e. The second-order valence-electron chi connectivity index (χ2n) is 11.0. The van der Waals surface area contributed by atoms with Gasteiger partial charge in [0.25, 0.3) is 0 Å². The molecule has 0 aliphatic rings. The number of hydrogen-bond donors (Lipinski definition) is 0. The Balaban J connectivity index is 1.14. The van der Waals surface area contributed by atoms with Gasteiger partial charge in [-0.2, -0.15) is 0 Å². The first-order chi connectivity index (χ1) is 23.7. The van der Waals surface area contributed by atoms with E-state index in [-0.39, 0.29) is 0 Å². The van der Waals surface area contributed by atoms with Crippen LogP contribution in [0.15, 0.2) is 134 Å². The van der Waals surface area contributed by atoms with E-state index in [9.17, 15) is 0 Å². The van der Waals surface area contributed by atoms with E-state index < -0.39 is 0 Å². The number of hydrogen-bond acceptors (Lipinski definition) is 5. The number of aromatic nitrogens is 2. The van der Waals surface area contributed by atoms with Crippen LogP contribution in [0.3, 0.4) is 0 Å². The molecule has 2 aromatic heterocycles. The van der Waals surface area contributed by atoms with Gasteiger partial charge in [0.1, 0.15) is 18.9 Å². The van der Waals surface area contributed by atoms with Gasteiger partial charge < -0.3 is 18.9 Å². The molecule has 6 nitrogen and oxygen atoms in total. The molecule has 0 atom stereocenters. The van der Waals surface area contributed by atoms with Crippen molar-refractivity contribution in [1.29, 1.82) is 0 Å². The third-order valence-electron chi connectivity index (χ3n) is 7.67. The Labute approximate surface area is 281 Å². The molecule has 0 saturated heterocycles. The van der Waals surface area contributed by atoms with E-state index in [2.05, 4.69) is 46.4 Å². The average molecular weight is 634 g/mol. The van der Waals surface area contributed by atoms with Crippen molar-refractivity contribution in [3.05, 3.63) is 167 Å². The van der Waals surface area contributed by atoms with Crippen molar-refractivity contribution in [3.63, 3.8) is 0 Å². The molecule has 0 amide bonds. The lowest BCUT2D eigenvalue weighted by Gasteiger charge is -2.11. The first kappa shape index (κ1) is 31.8. The van der Waals surface area contributed by atoms with Gasteiger partial charge in [0.15, 0.2) is 29.2 Å². The highest BCUT2D eigenvalue weighted by atomic mass is 16.5. The molecule has 0 bridgehead atoms. The number of rotatable bonds is 13. The monoisotopic (exact) mass is 633 g/mol. The second-order valence-corrected chi connectivity index (χ2v) is 11.0. The van der Waals surface area contributed by atoms with E-state index in [4.69, 9.17) is 18.9 Å². The minimum absolute atomic E-state index is 0.465. The molecule has 0 aliphatic carbocycles. The molecule has 1 N–H and O–H groups in total. The van der Waals surface area contributed by atoms with Gasteiger partial charge in [0.2, 0.25) is 5.69 Å². The fraction of sp³-hybridized carbons (Fsp3) is 0.0952. The molecule has 2 heterocycles. The van der Waals surface area contributed by atoms with E-state index in [0.29, 0.717) is 36.2 Å². The van der Waals surface area contributed by atoms with E-state index >= 15 is 0 Å². The lowest BCUT2D eigenvalue weighted by molar-refractivity contribution is -0.364. The van der Waals surface area contributed by atoms with Crippen LogP contribution in [0.25, 0.3) is 35.7 Å². The van der Waals surface area contributed by atoms with Crippen LogP contribution in [-0.2, 0) is 13.2 Å². The van der Waals surface area contributed by atoms with Crippen molar-refractivity contribution in [2.45, 2.75) is 13.2 Å². The third kappa shape index (κ3) is 8.56. The Morgan fingerprint density at radius 1 is 0.521 bits per heavy atom. The zero-order valence-corrected chi connectivity index (χ0v) is 27.0. The summed E-state index contributed by atoms with van der Waals surface area (Å²) >= 11 is 0. The molecule has 6 rings (SSSR count). The first-order valence-electron chi connectivity index (χ1n) is 15.7. The average Bonchev–Trinajstić information content (AvgIpc) is 3.15. The molecule has 238 valence electrons. The molecular weight excluding hydrogens is 596 g/mol.